The lowest BCUT2D eigenvalue weighted by molar-refractivity contribution is -0.0879. The highest BCUT2D eigenvalue weighted by molar-refractivity contribution is 5.59. The van der Waals surface area contributed by atoms with Crippen molar-refractivity contribution in [2.75, 3.05) is 0 Å². The number of rotatable bonds is 5. The number of halogens is 3. The summed E-state index contributed by atoms with van der Waals surface area (Å²) >= 11 is 0. The number of nitrogens with zero attached hydrogens (tertiary/aromatic N) is 1. The molecular weight excluding hydrogens is 219 g/mol. The van der Waals surface area contributed by atoms with Gasteiger partial charge in [-0.25, -0.2) is 0 Å². The van der Waals surface area contributed by atoms with Crippen LogP contribution in [0.3, 0.4) is 0 Å². The number of aliphatic hydroxyl groups excluding tert-OH is 1. The average Bonchev–Trinajstić information content (AvgIpc) is 2.13. The number of hydrogen-bond donors (Lipinski definition) is 1. The minimum atomic E-state index is -4.42. The molecule has 0 aliphatic rings. The molecule has 1 N–H and O–H groups in total. The Balaban J connectivity index is 4.56. The zero-order valence-corrected chi connectivity index (χ0v) is 9.38. The second kappa shape index (κ2) is 6.48. The van der Waals surface area contributed by atoms with Crippen molar-refractivity contribution < 1.29 is 18.3 Å². The SMILES string of the molecule is C=C(/C=C(CC)/N=C\CC(C)O)C(F)(F)F. The maximum Gasteiger partial charge on any atom is 0.415 e. The molecule has 2 nitrogen and oxygen atoms in total. The number of aliphatic imine (C=N–C) groups is 1. The third-order valence-electron chi connectivity index (χ3n) is 1.77. The molecule has 0 radical (unpaired) electrons. The lowest BCUT2D eigenvalue weighted by atomic mass is 10.2. The molecule has 0 heterocycles. The van der Waals surface area contributed by atoms with Crippen LogP contribution >= 0.6 is 0 Å². The van der Waals surface area contributed by atoms with Crippen LogP contribution in [0, 0.1) is 0 Å². The van der Waals surface area contributed by atoms with Crippen molar-refractivity contribution in [3.8, 4) is 0 Å². The van der Waals surface area contributed by atoms with Crippen LogP contribution in [0.2, 0.25) is 0 Å². The van der Waals surface area contributed by atoms with E-state index in [-0.39, 0.29) is 0 Å². The molecule has 1 unspecified atom stereocenters. The second-order valence-electron chi connectivity index (χ2n) is 3.41. The van der Waals surface area contributed by atoms with Gasteiger partial charge in [-0.3, -0.25) is 4.99 Å². The van der Waals surface area contributed by atoms with E-state index in [1.807, 2.05) is 0 Å². The molecule has 0 bridgehead atoms. The van der Waals surface area contributed by atoms with E-state index in [2.05, 4.69) is 11.6 Å². The van der Waals surface area contributed by atoms with Gasteiger partial charge in [0.15, 0.2) is 0 Å². The fourth-order valence-corrected chi connectivity index (χ4v) is 0.836. The summed E-state index contributed by atoms with van der Waals surface area (Å²) in [5.74, 6) is 0. The maximum atomic E-state index is 12.2. The minimum absolute atomic E-state index is 0.294. The normalized spacial score (nSPS) is 15.5. The maximum absolute atomic E-state index is 12.2. The highest BCUT2D eigenvalue weighted by atomic mass is 19.4. The molecule has 0 rings (SSSR count). The molecule has 5 heteroatoms. The van der Waals surface area contributed by atoms with E-state index >= 15 is 0 Å². The Hall–Kier alpha value is -1.10. The van der Waals surface area contributed by atoms with Crippen LogP contribution in [0.5, 0.6) is 0 Å². The Labute approximate surface area is 93.2 Å². The number of alkyl halides is 3. The summed E-state index contributed by atoms with van der Waals surface area (Å²) < 4.78 is 36.5. The van der Waals surface area contributed by atoms with Gasteiger partial charge in [-0.15, -0.1) is 0 Å². The van der Waals surface area contributed by atoms with Crippen molar-refractivity contribution in [3.05, 3.63) is 23.9 Å². The molecular formula is C11H16F3NO. The molecule has 0 aromatic heterocycles. The first-order valence-electron chi connectivity index (χ1n) is 4.94. The number of aliphatic hydroxyl groups is 1. The molecule has 0 aromatic rings. The van der Waals surface area contributed by atoms with E-state index in [0.717, 1.165) is 6.08 Å². The highest BCUT2D eigenvalue weighted by Crippen LogP contribution is 2.26. The highest BCUT2D eigenvalue weighted by Gasteiger charge is 2.30. The molecule has 0 spiro atoms. The zero-order chi connectivity index (χ0) is 12.8. The lowest BCUT2D eigenvalue weighted by Crippen LogP contribution is -2.09. The van der Waals surface area contributed by atoms with Gasteiger partial charge in [0, 0.05) is 18.3 Å². The third kappa shape index (κ3) is 6.40. The van der Waals surface area contributed by atoms with Gasteiger partial charge < -0.3 is 5.11 Å². The molecule has 0 aliphatic carbocycles. The summed E-state index contributed by atoms with van der Waals surface area (Å²) in [5.41, 5.74) is -0.624. The predicted molar refractivity (Wildman–Crippen MR) is 58.4 cm³/mol. The van der Waals surface area contributed by atoms with Crippen molar-refractivity contribution in [1.82, 2.24) is 0 Å². The Kier molecular flexibility index (Phi) is 6.03. The van der Waals surface area contributed by atoms with Crippen molar-refractivity contribution in [3.63, 3.8) is 0 Å². The topological polar surface area (TPSA) is 32.6 Å². The van der Waals surface area contributed by atoms with E-state index < -0.39 is 17.9 Å². The second-order valence-corrected chi connectivity index (χ2v) is 3.41. The smallest absolute Gasteiger partial charge is 0.393 e. The van der Waals surface area contributed by atoms with Gasteiger partial charge in [0.1, 0.15) is 0 Å². The van der Waals surface area contributed by atoms with E-state index in [0.29, 0.717) is 18.5 Å². The third-order valence-corrected chi connectivity index (χ3v) is 1.77. The first kappa shape index (κ1) is 14.9. The van der Waals surface area contributed by atoms with Crippen LogP contribution in [0.4, 0.5) is 13.2 Å². The molecule has 0 aromatic carbocycles. The monoisotopic (exact) mass is 235 g/mol. The van der Waals surface area contributed by atoms with E-state index in [4.69, 9.17) is 5.11 Å². The summed E-state index contributed by atoms with van der Waals surface area (Å²) in [7, 11) is 0. The van der Waals surface area contributed by atoms with Gasteiger partial charge in [-0.05, 0) is 19.4 Å². The molecule has 0 amide bonds. The number of allylic oxidation sites excluding steroid dienone is 3. The van der Waals surface area contributed by atoms with Gasteiger partial charge >= 0.3 is 6.18 Å². The van der Waals surface area contributed by atoms with Gasteiger partial charge in [-0.1, -0.05) is 13.5 Å². The van der Waals surface area contributed by atoms with Crippen molar-refractivity contribution in [1.29, 1.82) is 0 Å². The summed E-state index contributed by atoms with van der Waals surface area (Å²) in [6.07, 6.45) is -1.95. The first-order valence-corrected chi connectivity index (χ1v) is 4.94. The van der Waals surface area contributed by atoms with Gasteiger partial charge in [0.05, 0.1) is 11.7 Å². The molecule has 0 aliphatic heterocycles. The Bertz CT molecular complexity index is 290. The quantitative estimate of drug-likeness (QED) is 0.576. The fourth-order valence-electron chi connectivity index (χ4n) is 0.836. The summed E-state index contributed by atoms with van der Waals surface area (Å²) in [5, 5.41) is 8.94. The van der Waals surface area contributed by atoms with Crippen LogP contribution in [-0.4, -0.2) is 23.6 Å². The number of hydrogen-bond acceptors (Lipinski definition) is 2. The molecule has 1 atom stereocenters. The molecule has 0 saturated carbocycles. The summed E-state index contributed by atoms with van der Waals surface area (Å²) in [4.78, 5) is 3.85. The van der Waals surface area contributed by atoms with Crippen LogP contribution in [0.15, 0.2) is 28.9 Å². The zero-order valence-electron chi connectivity index (χ0n) is 9.38. The van der Waals surface area contributed by atoms with Gasteiger partial charge in [-0.2, -0.15) is 13.2 Å². The van der Waals surface area contributed by atoms with Crippen LogP contribution in [-0.2, 0) is 0 Å². The van der Waals surface area contributed by atoms with E-state index in [1.54, 1.807) is 13.8 Å². The predicted octanol–water partition coefficient (Wildman–Crippen LogP) is 3.24. The molecule has 0 saturated heterocycles. The minimum Gasteiger partial charge on any atom is -0.393 e. The van der Waals surface area contributed by atoms with Crippen LogP contribution in [0.25, 0.3) is 0 Å². The molecule has 92 valence electrons. The standard InChI is InChI=1S/C11H16F3NO/c1-4-10(15-6-5-9(3)16)7-8(2)11(12,13)14/h6-7,9,16H,2,4-5H2,1,3H3/b10-7+,15-6-. The van der Waals surface area contributed by atoms with Crippen molar-refractivity contribution >= 4 is 6.21 Å². The fraction of sp³-hybridized carbons (Fsp3) is 0.545. The summed E-state index contributed by atoms with van der Waals surface area (Å²) in [6, 6.07) is 0. The Morgan fingerprint density at radius 1 is 1.50 bits per heavy atom. The van der Waals surface area contributed by atoms with Crippen LogP contribution in [0.1, 0.15) is 26.7 Å². The lowest BCUT2D eigenvalue weighted by Gasteiger charge is -2.06. The summed E-state index contributed by atoms with van der Waals surface area (Å²) in [6.45, 7) is 6.22. The molecule has 16 heavy (non-hydrogen) atoms. The molecule has 0 fully saturated rings. The van der Waals surface area contributed by atoms with Gasteiger partial charge in [0.2, 0.25) is 0 Å². The Morgan fingerprint density at radius 2 is 2.06 bits per heavy atom. The van der Waals surface area contributed by atoms with E-state index in [9.17, 15) is 13.2 Å². The largest absolute Gasteiger partial charge is 0.415 e. The van der Waals surface area contributed by atoms with E-state index in [1.165, 1.54) is 6.21 Å². The van der Waals surface area contributed by atoms with Crippen molar-refractivity contribution in [2.45, 2.75) is 39.0 Å². The van der Waals surface area contributed by atoms with Crippen LogP contribution < -0.4 is 0 Å². The Morgan fingerprint density at radius 3 is 2.44 bits per heavy atom. The first-order chi connectivity index (χ1) is 7.27. The van der Waals surface area contributed by atoms with Gasteiger partial charge in [0.25, 0.3) is 0 Å². The van der Waals surface area contributed by atoms with Crippen molar-refractivity contribution in [2.24, 2.45) is 4.99 Å². The average molecular weight is 235 g/mol.